The number of carbonyl (C=O) groups excluding carboxylic acids is 1. The summed E-state index contributed by atoms with van der Waals surface area (Å²) in [6, 6.07) is 14.1. The predicted octanol–water partition coefficient (Wildman–Crippen LogP) is 3.77. The number of halogens is 1. The van der Waals surface area contributed by atoms with E-state index >= 15 is 0 Å². The molecule has 1 N–H and O–H groups in total. The summed E-state index contributed by atoms with van der Waals surface area (Å²) in [5, 5.41) is 3.52. The molecule has 8 heteroatoms. The van der Waals surface area contributed by atoms with Gasteiger partial charge in [0.05, 0.1) is 24.8 Å². The number of benzene rings is 2. The number of methoxy groups -OCH3 is 1. The molecule has 2 aromatic carbocycles. The highest BCUT2D eigenvalue weighted by Crippen LogP contribution is 2.26. The summed E-state index contributed by atoms with van der Waals surface area (Å²) >= 11 is 5.97. The zero-order chi connectivity index (χ0) is 21.7. The minimum absolute atomic E-state index is 0.125. The molecule has 162 valence electrons. The number of amides is 1. The van der Waals surface area contributed by atoms with E-state index in [1.165, 1.54) is 4.31 Å². The first-order chi connectivity index (χ1) is 14.3. The first-order valence-electron chi connectivity index (χ1n) is 9.95. The Morgan fingerprint density at radius 2 is 2.03 bits per heavy atom. The van der Waals surface area contributed by atoms with Gasteiger partial charge in [-0.15, -0.1) is 0 Å². The number of para-hydroxylation sites is 1. The molecule has 0 aliphatic carbocycles. The van der Waals surface area contributed by atoms with Crippen LogP contribution in [0.2, 0.25) is 5.02 Å². The van der Waals surface area contributed by atoms with Crippen molar-refractivity contribution in [1.82, 2.24) is 9.62 Å². The molecule has 3 rings (SSSR count). The number of nitrogens with one attached hydrogen (secondary N) is 1. The summed E-state index contributed by atoms with van der Waals surface area (Å²) in [5.41, 5.74) is 1.52. The van der Waals surface area contributed by atoms with Crippen molar-refractivity contribution in [2.75, 3.05) is 20.2 Å². The van der Waals surface area contributed by atoms with Gasteiger partial charge in [-0.25, -0.2) is 12.7 Å². The fourth-order valence-corrected chi connectivity index (χ4v) is 5.58. The van der Waals surface area contributed by atoms with E-state index in [1.54, 1.807) is 31.4 Å². The molecule has 1 aliphatic rings. The van der Waals surface area contributed by atoms with Crippen molar-refractivity contribution in [2.24, 2.45) is 5.92 Å². The highest BCUT2D eigenvalue weighted by atomic mass is 35.5. The van der Waals surface area contributed by atoms with Crippen molar-refractivity contribution < 1.29 is 17.9 Å². The van der Waals surface area contributed by atoms with E-state index in [2.05, 4.69) is 5.32 Å². The number of nitrogens with zero attached hydrogens (tertiary/aromatic N) is 1. The number of sulfonamides is 1. The zero-order valence-corrected chi connectivity index (χ0v) is 18.7. The van der Waals surface area contributed by atoms with Crippen LogP contribution in [-0.4, -0.2) is 38.8 Å². The van der Waals surface area contributed by atoms with Crippen LogP contribution in [0.1, 0.15) is 36.9 Å². The third-order valence-corrected chi connectivity index (χ3v) is 7.40. The second-order valence-corrected chi connectivity index (χ2v) is 9.96. The van der Waals surface area contributed by atoms with Gasteiger partial charge in [-0.3, -0.25) is 4.79 Å². The van der Waals surface area contributed by atoms with Crippen LogP contribution in [0.25, 0.3) is 0 Å². The fourth-order valence-electron chi connectivity index (χ4n) is 3.77. The fraction of sp³-hybridized carbons (Fsp3) is 0.409. The molecule has 30 heavy (non-hydrogen) atoms. The van der Waals surface area contributed by atoms with Gasteiger partial charge in [0.15, 0.2) is 0 Å². The number of rotatable bonds is 7. The molecule has 1 fully saturated rings. The molecule has 1 amide bonds. The summed E-state index contributed by atoms with van der Waals surface area (Å²) in [5.74, 6) is 0.0558. The Kier molecular flexibility index (Phi) is 7.39. The Balaban J connectivity index is 1.65. The summed E-state index contributed by atoms with van der Waals surface area (Å²) < 4.78 is 32.6. The molecule has 0 unspecified atom stereocenters. The average molecular weight is 451 g/mol. The first-order valence-corrected chi connectivity index (χ1v) is 11.9. The average Bonchev–Trinajstić information content (AvgIpc) is 2.73. The smallest absolute Gasteiger partial charge is 0.224 e. The maximum atomic E-state index is 12.9. The van der Waals surface area contributed by atoms with E-state index in [9.17, 15) is 13.2 Å². The molecule has 1 saturated heterocycles. The van der Waals surface area contributed by atoms with E-state index in [-0.39, 0.29) is 30.2 Å². The maximum Gasteiger partial charge on any atom is 0.224 e. The lowest BCUT2D eigenvalue weighted by molar-refractivity contribution is -0.126. The molecular formula is C22H27ClN2O4S. The Labute approximate surface area is 183 Å². The number of hydrogen-bond acceptors (Lipinski definition) is 4. The molecule has 0 aromatic heterocycles. The van der Waals surface area contributed by atoms with Gasteiger partial charge >= 0.3 is 0 Å². The van der Waals surface area contributed by atoms with Crippen molar-refractivity contribution in [3.8, 4) is 5.75 Å². The van der Waals surface area contributed by atoms with Crippen LogP contribution in [0.4, 0.5) is 0 Å². The number of ether oxygens (including phenoxy) is 1. The van der Waals surface area contributed by atoms with Crippen LogP contribution in [-0.2, 0) is 20.6 Å². The summed E-state index contributed by atoms with van der Waals surface area (Å²) in [6.45, 7) is 2.51. The van der Waals surface area contributed by atoms with E-state index < -0.39 is 10.0 Å². The first kappa shape index (κ1) is 22.6. The predicted molar refractivity (Wildman–Crippen MR) is 118 cm³/mol. The monoisotopic (exact) mass is 450 g/mol. The molecule has 0 saturated carbocycles. The Morgan fingerprint density at radius 1 is 1.27 bits per heavy atom. The highest BCUT2D eigenvalue weighted by Gasteiger charge is 2.33. The number of piperidine rings is 1. The summed E-state index contributed by atoms with van der Waals surface area (Å²) in [6.07, 6.45) is 1.31. The minimum Gasteiger partial charge on any atom is -0.496 e. The molecule has 0 bridgehead atoms. The van der Waals surface area contributed by atoms with E-state index in [0.717, 1.165) is 5.56 Å². The van der Waals surface area contributed by atoms with Crippen LogP contribution < -0.4 is 10.1 Å². The van der Waals surface area contributed by atoms with Crippen LogP contribution >= 0.6 is 11.6 Å². The van der Waals surface area contributed by atoms with E-state index in [0.29, 0.717) is 35.7 Å². The SMILES string of the molecule is COc1ccccc1[C@@H](C)NC(=O)[C@@H]1CCCN(S(=O)(=O)Cc2cccc(Cl)c2)C1. The molecule has 2 aromatic rings. The number of carbonyl (C=O) groups is 1. The van der Waals surface area contributed by atoms with Crippen LogP contribution in [0.5, 0.6) is 5.75 Å². The minimum atomic E-state index is -3.54. The van der Waals surface area contributed by atoms with Crippen LogP contribution in [0.15, 0.2) is 48.5 Å². The molecule has 1 heterocycles. The third kappa shape index (κ3) is 5.53. The number of hydrogen-bond donors (Lipinski definition) is 1. The molecule has 2 atom stereocenters. The van der Waals surface area contributed by atoms with Crippen LogP contribution in [0, 0.1) is 5.92 Å². The summed E-state index contributed by atoms with van der Waals surface area (Å²) in [4.78, 5) is 12.9. The normalized spacial score (nSPS) is 18.6. The molecular weight excluding hydrogens is 424 g/mol. The molecule has 6 nitrogen and oxygen atoms in total. The Hall–Kier alpha value is -2.09. The third-order valence-electron chi connectivity index (χ3n) is 5.35. The molecule has 1 aliphatic heterocycles. The van der Waals surface area contributed by atoms with Crippen LogP contribution in [0.3, 0.4) is 0 Å². The van der Waals surface area contributed by atoms with Gasteiger partial charge in [-0.05, 0) is 43.5 Å². The lowest BCUT2D eigenvalue weighted by Gasteiger charge is -2.32. The van der Waals surface area contributed by atoms with Crippen molar-refractivity contribution in [3.05, 3.63) is 64.7 Å². The topological polar surface area (TPSA) is 75.7 Å². The zero-order valence-electron chi connectivity index (χ0n) is 17.2. The van der Waals surface area contributed by atoms with Gasteiger partial charge in [-0.1, -0.05) is 41.9 Å². The van der Waals surface area contributed by atoms with Crippen molar-refractivity contribution >= 4 is 27.5 Å². The Morgan fingerprint density at radius 3 is 2.77 bits per heavy atom. The second-order valence-electron chi connectivity index (χ2n) is 7.56. The highest BCUT2D eigenvalue weighted by molar-refractivity contribution is 7.88. The van der Waals surface area contributed by atoms with Gasteiger partial charge in [0.25, 0.3) is 0 Å². The van der Waals surface area contributed by atoms with E-state index in [1.807, 2.05) is 31.2 Å². The van der Waals surface area contributed by atoms with Gasteiger partial charge in [0.1, 0.15) is 5.75 Å². The van der Waals surface area contributed by atoms with Crippen molar-refractivity contribution in [1.29, 1.82) is 0 Å². The summed E-state index contributed by atoms with van der Waals surface area (Å²) in [7, 11) is -1.94. The maximum absolute atomic E-state index is 12.9. The van der Waals surface area contributed by atoms with Gasteiger partial charge in [-0.2, -0.15) is 0 Å². The van der Waals surface area contributed by atoms with Crippen molar-refractivity contribution in [2.45, 2.75) is 31.6 Å². The van der Waals surface area contributed by atoms with Crippen molar-refractivity contribution in [3.63, 3.8) is 0 Å². The lowest BCUT2D eigenvalue weighted by Crippen LogP contribution is -2.46. The lowest BCUT2D eigenvalue weighted by atomic mass is 9.97. The quantitative estimate of drug-likeness (QED) is 0.696. The van der Waals surface area contributed by atoms with Gasteiger partial charge in [0.2, 0.25) is 15.9 Å². The largest absolute Gasteiger partial charge is 0.496 e. The molecule has 0 spiro atoms. The van der Waals surface area contributed by atoms with Gasteiger partial charge in [0, 0.05) is 23.7 Å². The van der Waals surface area contributed by atoms with Gasteiger partial charge < -0.3 is 10.1 Å². The second kappa shape index (κ2) is 9.81. The standard InChI is InChI=1S/C22H27ClN2O4S/c1-16(20-10-3-4-11-21(20)29-2)24-22(26)18-8-6-12-25(14-18)30(27,28)15-17-7-5-9-19(23)13-17/h3-5,7,9-11,13,16,18H,6,8,12,14-15H2,1-2H3,(H,24,26)/t16-,18-/m1/s1. The molecule has 0 radical (unpaired) electrons. The van der Waals surface area contributed by atoms with E-state index in [4.69, 9.17) is 16.3 Å². The Bertz CT molecular complexity index is 996.